The molecule has 2 aliphatic rings. The number of allylic oxidation sites excluding steroid dienone is 4. The first-order valence-corrected chi connectivity index (χ1v) is 13.1. The molecule has 0 spiro atoms. The van der Waals surface area contributed by atoms with E-state index in [9.17, 15) is 19.8 Å². The van der Waals surface area contributed by atoms with Gasteiger partial charge in [0.25, 0.3) is 0 Å². The second kappa shape index (κ2) is 10.9. The molecule has 4 rings (SSSR count). The first kappa shape index (κ1) is 27.2. The molecule has 0 unspecified atom stereocenters. The van der Waals surface area contributed by atoms with Gasteiger partial charge in [-0.1, -0.05) is 88.4 Å². The van der Waals surface area contributed by atoms with Crippen molar-refractivity contribution < 1.29 is 19.8 Å². The molecule has 6 nitrogen and oxygen atoms in total. The normalized spacial score (nSPS) is 20.2. The summed E-state index contributed by atoms with van der Waals surface area (Å²) in [6.45, 7) is 8.34. The van der Waals surface area contributed by atoms with E-state index in [1.165, 1.54) is 0 Å². The fourth-order valence-corrected chi connectivity index (χ4v) is 5.26. The molecule has 0 bridgehead atoms. The van der Waals surface area contributed by atoms with Gasteiger partial charge in [-0.25, -0.2) is 0 Å². The monoisotopic (exact) mass is 512 g/mol. The molecule has 6 heteroatoms. The predicted octanol–water partition coefficient (Wildman–Crippen LogP) is 6.37. The van der Waals surface area contributed by atoms with Crippen molar-refractivity contribution in [2.75, 3.05) is 13.1 Å². The topological polar surface area (TPSA) is 99.3 Å². The van der Waals surface area contributed by atoms with Gasteiger partial charge in [-0.3, -0.25) is 19.6 Å². The van der Waals surface area contributed by atoms with Gasteiger partial charge in [0, 0.05) is 36.8 Å². The van der Waals surface area contributed by atoms with Crippen molar-refractivity contribution in [3.05, 3.63) is 94.5 Å². The van der Waals surface area contributed by atoms with Crippen LogP contribution >= 0.6 is 0 Å². The van der Waals surface area contributed by atoms with Crippen LogP contribution in [-0.2, 0) is 9.59 Å². The van der Waals surface area contributed by atoms with Gasteiger partial charge in [0.05, 0.1) is 35.7 Å². The van der Waals surface area contributed by atoms with E-state index >= 15 is 0 Å². The van der Waals surface area contributed by atoms with E-state index in [-0.39, 0.29) is 58.2 Å². The Morgan fingerprint density at radius 2 is 0.974 bits per heavy atom. The molecule has 38 heavy (non-hydrogen) atoms. The van der Waals surface area contributed by atoms with Gasteiger partial charge in [0.15, 0.2) is 11.6 Å². The second-order valence-electron chi connectivity index (χ2n) is 11.7. The molecule has 2 N–H and O–H groups in total. The molecule has 0 amide bonds. The van der Waals surface area contributed by atoms with E-state index in [2.05, 4.69) is 0 Å². The number of aliphatic imine (C=N–C) groups is 2. The number of aliphatic hydroxyl groups excluding tert-OH is 2. The van der Waals surface area contributed by atoms with Gasteiger partial charge in [-0.05, 0) is 10.8 Å². The minimum atomic E-state index is -0.307. The van der Waals surface area contributed by atoms with Crippen molar-refractivity contribution in [3.8, 4) is 0 Å². The van der Waals surface area contributed by atoms with Crippen molar-refractivity contribution in [2.24, 2.45) is 20.8 Å². The number of rotatable bonds is 7. The van der Waals surface area contributed by atoms with Crippen LogP contribution in [0.25, 0.3) is 0 Å². The number of hydrogen-bond acceptors (Lipinski definition) is 6. The van der Waals surface area contributed by atoms with E-state index in [1.54, 1.807) is 0 Å². The van der Waals surface area contributed by atoms with Crippen molar-refractivity contribution in [2.45, 2.75) is 53.4 Å². The molecule has 0 atom stereocenters. The lowest BCUT2D eigenvalue weighted by molar-refractivity contribution is -0.118. The third-order valence-corrected chi connectivity index (χ3v) is 6.91. The Morgan fingerprint density at radius 3 is 1.29 bits per heavy atom. The van der Waals surface area contributed by atoms with Crippen LogP contribution in [0.2, 0.25) is 0 Å². The molecule has 0 radical (unpaired) electrons. The SMILES string of the molecule is CC1(C)CC(=O)C(C(=NCCN=C(C2=C(O)CC(C)(C)CC2=O)c2ccccc2)c2ccccc2)=C(O)C1. The molecule has 2 aromatic carbocycles. The van der Waals surface area contributed by atoms with E-state index in [1.807, 2.05) is 88.4 Å². The fourth-order valence-electron chi connectivity index (χ4n) is 5.26. The van der Waals surface area contributed by atoms with Gasteiger partial charge >= 0.3 is 0 Å². The highest BCUT2D eigenvalue weighted by molar-refractivity contribution is 6.30. The van der Waals surface area contributed by atoms with Gasteiger partial charge < -0.3 is 10.2 Å². The Morgan fingerprint density at radius 1 is 0.632 bits per heavy atom. The number of carbonyl (C=O) groups excluding carboxylic acids is 2. The number of carbonyl (C=O) groups is 2. The highest BCUT2D eigenvalue weighted by atomic mass is 16.3. The molecule has 0 heterocycles. The van der Waals surface area contributed by atoms with Crippen LogP contribution in [0, 0.1) is 10.8 Å². The largest absolute Gasteiger partial charge is 0.511 e. The summed E-state index contributed by atoms with van der Waals surface area (Å²) in [5.74, 6) is -0.124. The molecule has 2 aromatic rings. The molecule has 198 valence electrons. The minimum absolute atomic E-state index is 0.0628. The number of hydrogen-bond donors (Lipinski definition) is 2. The van der Waals surface area contributed by atoms with Crippen molar-refractivity contribution in [1.29, 1.82) is 0 Å². The molecule has 0 aromatic heterocycles. The zero-order valence-corrected chi connectivity index (χ0v) is 22.6. The number of ketones is 2. The maximum atomic E-state index is 13.1. The van der Waals surface area contributed by atoms with Crippen LogP contribution in [0.1, 0.15) is 64.5 Å². The zero-order chi connectivity index (χ0) is 27.5. The van der Waals surface area contributed by atoms with Crippen LogP contribution in [0.3, 0.4) is 0 Å². The Balaban J connectivity index is 1.70. The highest BCUT2D eigenvalue weighted by Crippen LogP contribution is 2.38. The Kier molecular flexibility index (Phi) is 7.81. The van der Waals surface area contributed by atoms with Crippen LogP contribution < -0.4 is 0 Å². The van der Waals surface area contributed by atoms with E-state index < -0.39 is 0 Å². The summed E-state index contributed by atoms with van der Waals surface area (Å²) in [7, 11) is 0. The van der Waals surface area contributed by atoms with Gasteiger partial charge in [0.2, 0.25) is 0 Å². The average molecular weight is 513 g/mol. The Bertz CT molecular complexity index is 1240. The van der Waals surface area contributed by atoms with E-state index in [0.717, 1.165) is 11.1 Å². The summed E-state index contributed by atoms with van der Waals surface area (Å²) in [6, 6.07) is 18.8. The van der Waals surface area contributed by atoms with Crippen LogP contribution in [0.5, 0.6) is 0 Å². The quantitative estimate of drug-likeness (QED) is 0.333. The Hall–Kier alpha value is -3.80. The van der Waals surface area contributed by atoms with E-state index in [0.29, 0.717) is 37.1 Å². The summed E-state index contributed by atoms with van der Waals surface area (Å²) in [5, 5.41) is 21.7. The number of aliphatic hydroxyl groups is 2. The summed E-state index contributed by atoms with van der Waals surface area (Å²) < 4.78 is 0. The third kappa shape index (κ3) is 6.18. The van der Waals surface area contributed by atoms with Crippen molar-refractivity contribution >= 4 is 23.0 Å². The molecule has 0 aliphatic heterocycles. The summed E-state index contributed by atoms with van der Waals surface area (Å²) in [5.41, 5.74) is 2.34. The molecule has 0 saturated carbocycles. The molecule has 0 fully saturated rings. The lowest BCUT2D eigenvalue weighted by Crippen LogP contribution is -2.30. The minimum Gasteiger partial charge on any atom is -0.511 e. The first-order valence-electron chi connectivity index (χ1n) is 13.1. The van der Waals surface area contributed by atoms with Crippen molar-refractivity contribution in [3.63, 3.8) is 0 Å². The van der Waals surface area contributed by atoms with Crippen LogP contribution in [-0.4, -0.2) is 46.3 Å². The van der Waals surface area contributed by atoms with Gasteiger partial charge in [0.1, 0.15) is 11.5 Å². The standard InChI is InChI=1S/C32H36N2O4/c1-31(2)17-23(35)27(24(36)18-31)29(21-11-7-5-8-12-21)33-15-16-34-30(22-13-9-6-10-14-22)28-25(37)19-32(3,4)20-26(28)38/h5-14,35,37H,15-20H2,1-4H3. The molecular formula is C32H36N2O4. The lowest BCUT2D eigenvalue weighted by atomic mass is 9.75. The fraction of sp³-hybridized carbons (Fsp3) is 0.375. The van der Waals surface area contributed by atoms with Crippen molar-refractivity contribution in [1.82, 2.24) is 0 Å². The zero-order valence-electron chi connectivity index (χ0n) is 22.6. The summed E-state index contributed by atoms with van der Waals surface area (Å²) >= 11 is 0. The predicted molar refractivity (Wildman–Crippen MR) is 151 cm³/mol. The second-order valence-corrected chi connectivity index (χ2v) is 11.7. The average Bonchev–Trinajstić information content (AvgIpc) is 2.83. The first-order chi connectivity index (χ1) is 18.0. The number of benzene rings is 2. The van der Waals surface area contributed by atoms with Gasteiger partial charge in [-0.2, -0.15) is 0 Å². The summed E-state index contributed by atoms with van der Waals surface area (Å²) in [4.78, 5) is 35.7. The van der Waals surface area contributed by atoms with Gasteiger partial charge in [-0.15, -0.1) is 0 Å². The maximum Gasteiger partial charge on any atom is 0.168 e. The van der Waals surface area contributed by atoms with Crippen LogP contribution in [0.4, 0.5) is 0 Å². The summed E-state index contributed by atoms with van der Waals surface area (Å²) in [6.07, 6.45) is 1.48. The van der Waals surface area contributed by atoms with Crippen LogP contribution in [0.15, 0.2) is 93.3 Å². The number of nitrogens with zero attached hydrogens (tertiary/aromatic N) is 2. The highest BCUT2D eigenvalue weighted by Gasteiger charge is 2.36. The Labute approximate surface area is 224 Å². The van der Waals surface area contributed by atoms with E-state index in [4.69, 9.17) is 9.98 Å². The third-order valence-electron chi connectivity index (χ3n) is 6.91. The molecule has 0 saturated heterocycles. The number of Topliss-reactive ketones (excluding diaryl/α,β-unsaturated/α-hetero) is 2. The molecule has 2 aliphatic carbocycles. The molecular weight excluding hydrogens is 476 g/mol. The smallest absolute Gasteiger partial charge is 0.168 e. The lowest BCUT2D eigenvalue weighted by Gasteiger charge is -2.30. The maximum absolute atomic E-state index is 13.1.